The zero-order valence-corrected chi connectivity index (χ0v) is 19.2. The number of rotatable bonds is 5. The molecule has 1 heterocycles. The van der Waals surface area contributed by atoms with Crippen LogP contribution in [0, 0.1) is 11.3 Å². The standard InChI is InChI=1S/C27H28N2O6/c30-17-10-23(24(31)32)29(13-17)25(33)27-11-15(27)9-16(12-27)28-26(34)35-14-22-20-7-3-1-5-18(20)19-6-2-4-8-21(19)22/h1-8,15-17,22-23,30H,9-14H2,(H,28,34)(H,31,32)/t15-,16+,17-,23-,27+/m1/s1. The van der Waals surface area contributed by atoms with E-state index >= 15 is 0 Å². The van der Waals surface area contributed by atoms with Crippen molar-refractivity contribution in [3.63, 3.8) is 0 Å². The molecule has 3 fully saturated rings. The molecule has 3 aliphatic carbocycles. The van der Waals surface area contributed by atoms with Crippen LogP contribution >= 0.6 is 0 Å². The molecule has 2 aromatic carbocycles. The van der Waals surface area contributed by atoms with Gasteiger partial charge in [-0.3, -0.25) is 4.79 Å². The summed E-state index contributed by atoms with van der Waals surface area (Å²) in [6, 6.07) is 15.1. The minimum atomic E-state index is -1.09. The number of carboxylic acid groups (broad SMARTS) is 1. The van der Waals surface area contributed by atoms with Gasteiger partial charge in [-0.1, -0.05) is 48.5 Å². The Bertz CT molecular complexity index is 1170. The lowest BCUT2D eigenvalue weighted by Crippen LogP contribution is -2.45. The van der Waals surface area contributed by atoms with Crippen LogP contribution in [-0.4, -0.2) is 64.4 Å². The van der Waals surface area contributed by atoms with Crippen LogP contribution in [0.3, 0.4) is 0 Å². The zero-order chi connectivity index (χ0) is 24.3. The summed E-state index contributed by atoms with van der Waals surface area (Å²) in [6.45, 7) is 0.279. The van der Waals surface area contributed by atoms with Crippen molar-refractivity contribution in [3.8, 4) is 11.1 Å². The van der Waals surface area contributed by atoms with Crippen LogP contribution in [0.25, 0.3) is 11.1 Å². The van der Waals surface area contributed by atoms with Gasteiger partial charge in [-0.05, 0) is 47.4 Å². The fourth-order valence-electron chi connectivity index (χ4n) is 6.63. The number of hydrogen-bond donors (Lipinski definition) is 3. The van der Waals surface area contributed by atoms with Crippen molar-refractivity contribution in [2.24, 2.45) is 11.3 Å². The Labute approximate surface area is 202 Å². The summed E-state index contributed by atoms with van der Waals surface area (Å²) in [5, 5.41) is 22.3. The van der Waals surface area contributed by atoms with Crippen molar-refractivity contribution in [2.75, 3.05) is 13.2 Å². The summed E-state index contributed by atoms with van der Waals surface area (Å²) in [7, 11) is 0. The second-order valence-corrected chi connectivity index (χ2v) is 10.4. The van der Waals surface area contributed by atoms with Crippen molar-refractivity contribution in [2.45, 2.75) is 49.8 Å². The van der Waals surface area contributed by atoms with Crippen LogP contribution < -0.4 is 5.32 Å². The van der Waals surface area contributed by atoms with Gasteiger partial charge in [0.15, 0.2) is 0 Å². The fraction of sp³-hybridized carbons (Fsp3) is 0.444. The topological polar surface area (TPSA) is 116 Å². The second-order valence-electron chi connectivity index (χ2n) is 10.4. The number of amides is 2. The molecule has 4 aliphatic rings. The first-order valence-corrected chi connectivity index (χ1v) is 12.2. The van der Waals surface area contributed by atoms with Crippen LogP contribution in [0.1, 0.15) is 42.7 Å². The summed E-state index contributed by atoms with van der Waals surface area (Å²) < 4.78 is 5.65. The highest BCUT2D eigenvalue weighted by molar-refractivity contribution is 5.91. The van der Waals surface area contributed by atoms with E-state index in [1.807, 2.05) is 24.3 Å². The van der Waals surface area contributed by atoms with Gasteiger partial charge in [0.25, 0.3) is 0 Å². The largest absolute Gasteiger partial charge is 0.480 e. The van der Waals surface area contributed by atoms with Crippen molar-refractivity contribution < 1.29 is 29.3 Å². The van der Waals surface area contributed by atoms with E-state index in [0.29, 0.717) is 19.3 Å². The van der Waals surface area contributed by atoms with Crippen LogP contribution in [0.2, 0.25) is 0 Å². The molecule has 0 spiro atoms. The normalized spacial score (nSPS) is 30.4. The van der Waals surface area contributed by atoms with E-state index in [2.05, 4.69) is 29.6 Å². The lowest BCUT2D eigenvalue weighted by molar-refractivity contribution is -0.150. The third-order valence-corrected chi connectivity index (χ3v) is 8.33. The number of nitrogens with one attached hydrogen (secondary N) is 1. The Hall–Kier alpha value is -3.39. The Balaban J connectivity index is 1.08. The number of aliphatic hydroxyl groups excluding tert-OH is 1. The Kier molecular flexibility index (Phi) is 5.11. The van der Waals surface area contributed by atoms with Gasteiger partial charge in [0, 0.05) is 24.9 Å². The summed E-state index contributed by atoms with van der Waals surface area (Å²) in [5.41, 5.74) is 4.00. The first kappa shape index (κ1) is 22.1. The van der Waals surface area contributed by atoms with E-state index in [4.69, 9.17) is 4.74 Å². The minimum Gasteiger partial charge on any atom is -0.480 e. The van der Waals surface area contributed by atoms with E-state index in [1.54, 1.807) is 0 Å². The maximum Gasteiger partial charge on any atom is 0.407 e. The number of ether oxygens (including phenoxy) is 1. The molecule has 2 saturated carbocycles. The number of nitrogens with zero attached hydrogens (tertiary/aromatic N) is 1. The highest BCUT2D eigenvalue weighted by atomic mass is 16.5. The highest BCUT2D eigenvalue weighted by Crippen LogP contribution is 2.64. The molecule has 182 valence electrons. The third kappa shape index (κ3) is 3.58. The van der Waals surface area contributed by atoms with Crippen molar-refractivity contribution in [3.05, 3.63) is 59.7 Å². The summed E-state index contributed by atoms with van der Waals surface area (Å²) in [5.74, 6) is -1.19. The van der Waals surface area contributed by atoms with Gasteiger partial charge < -0.3 is 25.2 Å². The molecule has 1 aliphatic heterocycles. The monoisotopic (exact) mass is 476 g/mol. The molecule has 6 rings (SSSR count). The van der Waals surface area contributed by atoms with Gasteiger partial charge in [-0.15, -0.1) is 0 Å². The van der Waals surface area contributed by atoms with Crippen molar-refractivity contribution in [1.29, 1.82) is 0 Å². The number of β-amino-alcohol motifs (C(OH)–C–C–N with tert-alkyl or cyclic N) is 1. The van der Waals surface area contributed by atoms with Crippen LogP contribution in [0.4, 0.5) is 4.79 Å². The molecular formula is C27H28N2O6. The highest BCUT2D eigenvalue weighted by Gasteiger charge is 2.67. The van der Waals surface area contributed by atoms with Crippen LogP contribution in [0.5, 0.6) is 0 Å². The molecule has 1 saturated heterocycles. The number of carbonyl (C=O) groups is 3. The predicted molar refractivity (Wildman–Crippen MR) is 126 cm³/mol. The first-order valence-electron chi connectivity index (χ1n) is 12.2. The molecule has 8 nitrogen and oxygen atoms in total. The molecule has 8 heteroatoms. The minimum absolute atomic E-state index is 0.0207. The molecule has 0 unspecified atom stereocenters. The van der Waals surface area contributed by atoms with Crippen molar-refractivity contribution in [1.82, 2.24) is 10.2 Å². The van der Waals surface area contributed by atoms with Gasteiger partial charge >= 0.3 is 12.1 Å². The quantitative estimate of drug-likeness (QED) is 0.611. The third-order valence-electron chi connectivity index (χ3n) is 8.33. The number of aliphatic hydroxyl groups is 1. The number of carboxylic acids is 1. The molecule has 0 radical (unpaired) electrons. The average Bonchev–Trinajstić information content (AvgIpc) is 3.13. The summed E-state index contributed by atoms with van der Waals surface area (Å²) in [4.78, 5) is 38.8. The first-order chi connectivity index (χ1) is 16.9. The maximum atomic E-state index is 13.2. The van der Waals surface area contributed by atoms with Crippen molar-refractivity contribution >= 4 is 18.0 Å². The fourth-order valence-corrected chi connectivity index (χ4v) is 6.63. The zero-order valence-electron chi connectivity index (χ0n) is 19.2. The van der Waals surface area contributed by atoms with Gasteiger partial charge in [-0.2, -0.15) is 0 Å². The number of likely N-dealkylation sites (tertiary alicyclic amines) is 1. The Morgan fingerprint density at radius 3 is 2.31 bits per heavy atom. The predicted octanol–water partition coefficient (Wildman–Crippen LogP) is 2.74. The Morgan fingerprint density at radius 1 is 1.00 bits per heavy atom. The molecular weight excluding hydrogens is 448 g/mol. The van der Waals surface area contributed by atoms with Gasteiger partial charge in [-0.25, -0.2) is 9.59 Å². The van der Waals surface area contributed by atoms with Gasteiger partial charge in [0.05, 0.1) is 11.5 Å². The van der Waals surface area contributed by atoms with E-state index < -0.39 is 29.6 Å². The molecule has 2 amide bonds. The average molecular weight is 477 g/mol. The number of hydrogen-bond acceptors (Lipinski definition) is 5. The van der Waals surface area contributed by atoms with E-state index in [0.717, 1.165) is 11.1 Å². The molecule has 3 N–H and O–H groups in total. The number of carbonyl (C=O) groups excluding carboxylic acids is 2. The van der Waals surface area contributed by atoms with Crippen LogP contribution in [0.15, 0.2) is 48.5 Å². The summed E-state index contributed by atoms with van der Waals surface area (Å²) in [6.07, 6.45) is 0.589. The van der Waals surface area contributed by atoms with Gasteiger partial charge in [0.1, 0.15) is 12.6 Å². The van der Waals surface area contributed by atoms with E-state index in [-0.39, 0.29) is 43.4 Å². The van der Waals surface area contributed by atoms with Gasteiger partial charge in [0.2, 0.25) is 5.91 Å². The Morgan fingerprint density at radius 2 is 1.66 bits per heavy atom. The number of benzene rings is 2. The lowest BCUT2D eigenvalue weighted by Gasteiger charge is -2.26. The SMILES string of the molecule is O=C(N[C@H]1C[C@@H]2C[C@]2(C(=O)N2C[C@H](O)C[C@@H]2C(=O)O)C1)OCC1c2ccccc2-c2ccccc21. The molecule has 35 heavy (non-hydrogen) atoms. The lowest BCUT2D eigenvalue weighted by atomic mass is 9.98. The van der Waals surface area contributed by atoms with Crippen LogP contribution in [-0.2, 0) is 14.3 Å². The number of fused-ring (bicyclic) bond motifs is 4. The summed E-state index contributed by atoms with van der Waals surface area (Å²) >= 11 is 0. The molecule has 0 aromatic heterocycles. The number of alkyl carbamates (subject to hydrolysis) is 1. The number of aliphatic carboxylic acids is 1. The van der Waals surface area contributed by atoms with E-state index in [9.17, 15) is 24.6 Å². The molecule has 2 aromatic rings. The molecule has 5 atom stereocenters. The molecule has 0 bridgehead atoms. The smallest absolute Gasteiger partial charge is 0.407 e. The van der Waals surface area contributed by atoms with E-state index in [1.165, 1.54) is 16.0 Å². The second kappa shape index (κ2) is 8.09. The maximum absolute atomic E-state index is 13.2.